The number of hydrogen-bond acceptors (Lipinski definition) is 5. The van der Waals surface area contributed by atoms with Gasteiger partial charge in [0.2, 0.25) is 0 Å². The highest BCUT2D eigenvalue weighted by Gasteiger charge is 2.38. The topological polar surface area (TPSA) is 102 Å². The average Bonchev–Trinajstić information content (AvgIpc) is 3.27. The zero-order valence-corrected chi connectivity index (χ0v) is 20.8. The predicted molar refractivity (Wildman–Crippen MR) is 127 cm³/mol. The summed E-state index contributed by atoms with van der Waals surface area (Å²) < 4.78 is 85.3. The Morgan fingerprint density at radius 1 is 1.18 bits per heavy atom. The van der Waals surface area contributed by atoms with Crippen molar-refractivity contribution >= 4 is 23.2 Å². The molecule has 1 amide bonds. The molecule has 8 nitrogen and oxygen atoms in total. The number of alkyl halides is 5. The number of hydrogen-bond donors (Lipinski definition) is 2. The predicted octanol–water partition coefficient (Wildman–Crippen LogP) is 5.98. The van der Waals surface area contributed by atoms with Gasteiger partial charge in [0.25, 0.3) is 12.3 Å². The number of imidazole rings is 1. The van der Waals surface area contributed by atoms with E-state index in [-0.39, 0.29) is 17.7 Å². The molecule has 0 unspecified atom stereocenters. The van der Waals surface area contributed by atoms with E-state index in [0.29, 0.717) is 24.6 Å². The van der Waals surface area contributed by atoms with Crippen LogP contribution in [0.4, 0.5) is 32.0 Å². The van der Waals surface area contributed by atoms with E-state index in [1.807, 2.05) is 20.0 Å². The van der Waals surface area contributed by atoms with Crippen molar-refractivity contribution in [1.29, 1.82) is 0 Å². The molecule has 0 atom stereocenters. The fourth-order valence-electron chi connectivity index (χ4n) is 3.75. The van der Waals surface area contributed by atoms with Crippen LogP contribution in [-0.4, -0.2) is 51.9 Å². The van der Waals surface area contributed by atoms with Crippen LogP contribution in [0, 0.1) is 5.82 Å². The number of anilines is 1. The summed E-state index contributed by atoms with van der Waals surface area (Å²) in [4.78, 5) is 26.3. The number of ether oxygens (including phenoxy) is 2. The fourth-order valence-corrected chi connectivity index (χ4v) is 3.75. The van der Waals surface area contributed by atoms with Crippen molar-refractivity contribution in [2.75, 3.05) is 18.5 Å². The highest BCUT2D eigenvalue weighted by Crippen LogP contribution is 2.32. The Morgan fingerprint density at radius 3 is 2.38 bits per heavy atom. The Bertz CT molecular complexity index is 1320. The van der Waals surface area contributed by atoms with E-state index in [2.05, 4.69) is 5.32 Å². The molecule has 1 aliphatic rings. The zero-order valence-electron chi connectivity index (χ0n) is 20.8. The first-order valence-electron chi connectivity index (χ1n) is 11.7. The van der Waals surface area contributed by atoms with Gasteiger partial charge in [0, 0.05) is 37.6 Å². The van der Waals surface area contributed by atoms with Gasteiger partial charge in [-0.2, -0.15) is 13.2 Å². The summed E-state index contributed by atoms with van der Waals surface area (Å²) in [7, 11) is 0. The first-order chi connectivity index (χ1) is 18.3. The van der Waals surface area contributed by atoms with Gasteiger partial charge in [-0.1, -0.05) is 12.1 Å². The normalized spacial score (nSPS) is 14.3. The van der Waals surface area contributed by atoms with Crippen molar-refractivity contribution in [1.82, 2.24) is 9.38 Å². The van der Waals surface area contributed by atoms with Gasteiger partial charge < -0.3 is 24.3 Å². The molecule has 212 valence electrons. The highest BCUT2D eigenvalue weighted by atomic mass is 19.4. The van der Waals surface area contributed by atoms with E-state index in [9.17, 15) is 31.1 Å². The lowest BCUT2D eigenvalue weighted by Crippen LogP contribution is -2.21. The Hall–Kier alpha value is -3.81. The molecule has 0 spiro atoms. The van der Waals surface area contributed by atoms with Gasteiger partial charge >= 0.3 is 12.1 Å². The number of nitrogens with zero attached hydrogens (tertiary/aromatic N) is 2. The number of carbonyl (C=O) groups excluding carboxylic acids is 1. The molecule has 2 N–H and O–H groups in total. The third-order valence-electron chi connectivity index (χ3n) is 5.57. The van der Waals surface area contributed by atoms with Crippen molar-refractivity contribution in [2.24, 2.45) is 0 Å². The number of fused-ring (bicyclic) bond motifs is 1. The number of aliphatic carboxylic acids is 1. The zero-order chi connectivity index (χ0) is 28.9. The van der Waals surface area contributed by atoms with Crippen molar-refractivity contribution in [3.63, 3.8) is 0 Å². The molecular formula is C25H25F6N3O5. The van der Waals surface area contributed by atoms with Crippen molar-refractivity contribution in [2.45, 2.75) is 51.3 Å². The minimum atomic E-state index is -5.08. The summed E-state index contributed by atoms with van der Waals surface area (Å²) >= 11 is 0. The van der Waals surface area contributed by atoms with E-state index in [1.165, 1.54) is 12.1 Å². The van der Waals surface area contributed by atoms with E-state index in [4.69, 9.17) is 24.4 Å². The standard InChI is InChI=1S/C23H24F3N3O3.C2HF3O2/c1-13(2)32-19-10-20-27-17(14-6-8-31-9-7-14)11-29(20)12-18(19)28-23(30)16-5-3-4-15(21(16)24)22(25)26;3-2(4,5)1(6)7/h3-5,10-14,22H,6-9H2,1-2H3,(H,28,30);(H,6,7). The Labute approximate surface area is 218 Å². The van der Waals surface area contributed by atoms with Gasteiger partial charge in [0.1, 0.15) is 22.9 Å². The minimum absolute atomic E-state index is 0.197. The second-order valence-corrected chi connectivity index (χ2v) is 8.80. The summed E-state index contributed by atoms with van der Waals surface area (Å²) in [6.07, 6.45) is -3.02. The molecule has 1 fully saturated rings. The number of nitrogens with one attached hydrogen (secondary N) is 1. The number of carboxylic acid groups (broad SMARTS) is 1. The number of benzene rings is 1. The molecule has 2 aromatic heterocycles. The summed E-state index contributed by atoms with van der Waals surface area (Å²) in [5.74, 6) is -4.20. The number of halogens is 6. The van der Waals surface area contributed by atoms with Crippen LogP contribution < -0.4 is 10.1 Å². The molecule has 0 aliphatic carbocycles. The van der Waals surface area contributed by atoms with Gasteiger partial charge in [-0.05, 0) is 32.8 Å². The van der Waals surface area contributed by atoms with Crippen LogP contribution in [0.3, 0.4) is 0 Å². The number of pyridine rings is 1. The monoisotopic (exact) mass is 561 g/mol. The van der Waals surface area contributed by atoms with Crippen LogP contribution in [-0.2, 0) is 9.53 Å². The number of rotatable bonds is 6. The molecular weight excluding hydrogens is 536 g/mol. The maximum Gasteiger partial charge on any atom is 0.490 e. The highest BCUT2D eigenvalue weighted by molar-refractivity contribution is 6.05. The molecule has 1 aliphatic heterocycles. The lowest BCUT2D eigenvalue weighted by Gasteiger charge is -2.19. The molecule has 1 aromatic carbocycles. The Morgan fingerprint density at radius 2 is 1.82 bits per heavy atom. The third kappa shape index (κ3) is 7.62. The molecule has 0 saturated carbocycles. The number of carboxylic acids is 1. The maximum atomic E-state index is 14.5. The molecule has 14 heteroatoms. The summed E-state index contributed by atoms with van der Waals surface area (Å²) in [5.41, 5.74) is 0.567. The van der Waals surface area contributed by atoms with Gasteiger partial charge in [-0.3, -0.25) is 4.79 Å². The molecule has 1 saturated heterocycles. The third-order valence-corrected chi connectivity index (χ3v) is 5.57. The van der Waals surface area contributed by atoms with E-state index >= 15 is 0 Å². The average molecular weight is 561 g/mol. The van der Waals surface area contributed by atoms with Crippen molar-refractivity contribution in [3.8, 4) is 5.75 Å². The Kier molecular flexibility index (Phi) is 9.43. The lowest BCUT2D eigenvalue weighted by molar-refractivity contribution is -0.192. The van der Waals surface area contributed by atoms with Crippen LogP contribution in [0.25, 0.3) is 5.65 Å². The lowest BCUT2D eigenvalue weighted by atomic mass is 9.97. The van der Waals surface area contributed by atoms with E-state index in [1.54, 1.807) is 16.7 Å². The van der Waals surface area contributed by atoms with Crippen LogP contribution >= 0.6 is 0 Å². The number of aromatic nitrogens is 2. The summed E-state index contributed by atoms with van der Waals surface area (Å²) in [6.45, 7) is 5.04. The van der Waals surface area contributed by atoms with Gasteiger partial charge in [-0.15, -0.1) is 0 Å². The van der Waals surface area contributed by atoms with Crippen molar-refractivity contribution in [3.05, 3.63) is 59.3 Å². The van der Waals surface area contributed by atoms with E-state index < -0.39 is 41.4 Å². The number of carbonyl (C=O) groups is 2. The molecule has 4 rings (SSSR count). The van der Waals surface area contributed by atoms with E-state index in [0.717, 1.165) is 24.6 Å². The number of amides is 1. The maximum absolute atomic E-state index is 14.5. The van der Waals surface area contributed by atoms with Crippen molar-refractivity contribution < 1.29 is 50.5 Å². The smallest absolute Gasteiger partial charge is 0.489 e. The largest absolute Gasteiger partial charge is 0.490 e. The molecule has 3 heterocycles. The second kappa shape index (κ2) is 12.4. The summed E-state index contributed by atoms with van der Waals surface area (Å²) in [5, 5.41) is 9.73. The fraction of sp³-hybridized carbons (Fsp3) is 0.400. The first-order valence-corrected chi connectivity index (χ1v) is 11.7. The van der Waals surface area contributed by atoms with Gasteiger partial charge in [0.05, 0.1) is 22.9 Å². The van der Waals surface area contributed by atoms with Crippen LogP contribution in [0.2, 0.25) is 0 Å². The van der Waals surface area contributed by atoms with Crippen LogP contribution in [0.1, 0.15) is 60.6 Å². The minimum Gasteiger partial charge on any atom is -0.489 e. The summed E-state index contributed by atoms with van der Waals surface area (Å²) in [6, 6.07) is 5.05. The molecule has 3 aromatic rings. The molecule has 0 radical (unpaired) electrons. The first kappa shape index (κ1) is 29.7. The van der Waals surface area contributed by atoms with Gasteiger partial charge in [0.15, 0.2) is 0 Å². The van der Waals surface area contributed by atoms with Crippen LogP contribution in [0.15, 0.2) is 36.7 Å². The molecule has 39 heavy (non-hydrogen) atoms. The Balaban J connectivity index is 0.000000532. The second-order valence-electron chi connectivity index (χ2n) is 8.80. The van der Waals surface area contributed by atoms with Crippen LogP contribution in [0.5, 0.6) is 5.75 Å². The quantitative estimate of drug-likeness (QED) is 0.359. The van der Waals surface area contributed by atoms with Gasteiger partial charge in [-0.25, -0.2) is 22.9 Å². The SMILES string of the molecule is CC(C)Oc1cc2nc(C3CCOCC3)cn2cc1NC(=O)c1cccc(C(F)F)c1F.O=C(O)C(F)(F)F. The molecule has 0 bridgehead atoms.